The minimum atomic E-state index is -0.177. The lowest BCUT2D eigenvalue weighted by Gasteiger charge is -2.30. The van der Waals surface area contributed by atoms with Crippen LogP contribution in [0.15, 0.2) is 79.0 Å². The molecule has 1 aliphatic rings. The van der Waals surface area contributed by atoms with Gasteiger partial charge in [0.05, 0.1) is 18.8 Å². The molecule has 0 aliphatic carbocycles. The van der Waals surface area contributed by atoms with E-state index in [4.69, 9.17) is 17.0 Å². The Balaban J connectivity index is 1.63. The molecule has 1 fully saturated rings. The SMILES string of the molecule is CCC(=O)Nc1ccc(N2C(=S)NC(c3ccccn3)C2c2ccc(C)n2-c2ccc(OC)cc2)cc1C. The maximum absolute atomic E-state index is 12.0. The summed E-state index contributed by atoms with van der Waals surface area (Å²) in [4.78, 5) is 18.8. The Labute approximate surface area is 228 Å². The van der Waals surface area contributed by atoms with Crippen LogP contribution < -0.4 is 20.3 Å². The molecule has 194 valence electrons. The molecule has 2 aromatic heterocycles. The monoisotopic (exact) mass is 525 g/mol. The first-order valence-electron chi connectivity index (χ1n) is 12.6. The van der Waals surface area contributed by atoms with E-state index in [0.717, 1.165) is 45.5 Å². The molecule has 7 nitrogen and oxygen atoms in total. The van der Waals surface area contributed by atoms with Crippen LogP contribution in [-0.4, -0.2) is 27.7 Å². The summed E-state index contributed by atoms with van der Waals surface area (Å²) in [5.41, 5.74) is 6.84. The van der Waals surface area contributed by atoms with Crippen LogP contribution in [0, 0.1) is 13.8 Å². The van der Waals surface area contributed by atoms with Crippen LogP contribution in [0.2, 0.25) is 0 Å². The van der Waals surface area contributed by atoms with Crippen LogP contribution in [0.1, 0.15) is 48.1 Å². The van der Waals surface area contributed by atoms with Crippen LogP contribution in [0.4, 0.5) is 11.4 Å². The van der Waals surface area contributed by atoms with Gasteiger partial charge in [0.2, 0.25) is 5.91 Å². The maximum atomic E-state index is 12.0. The number of ether oxygens (including phenoxy) is 1. The Morgan fingerprint density at radius 2 is 1.82 bits per heavy atom. The first kappa shape index (κ1) is 25.5. The lowest BCUT2D eigenvalue weighted by Crippen LogP contribution is -2.30. The van der Waals surface area contributed by atoms with Gasteiger partial charge in [-0.25, -0.2) is 0 Å². The van der Waals surface area contributed by atoms with Gasteiger partial charge in [0.25, 0.3) is 0 Å². The molecule has 0 saturated carbocycles. The number of aromatic nitrogens is 2. The molecule has 3 heterocycles. The number of carbonyl (C=O) groups excluding carboxylic acids is 1. The van der Waals surface area contributed by atoms with Crippen molar-refractivity contribution in [2.45, 2.75) is 39.3 Å². The Morgan fingerprint density at radius 3 is 2.47 bits per heavy atom. The summed E-state index contributed by atoms with van der Waals surface area (Å²) in [6.45, 7) is 5.94. The van der Waals surface area contributed by atoms with Crippen LogP contribution in [-0.2, 0) is 4.79 Å². The van der Waals surface area contributed by atoms with Crippen LogP contribution in [0.25, 0.3) is 5.69 Å². The van der Waals surface area contributed by atoms with Crippen molar-refractivity contribution in [2.24, 2.45) is 0 Å². The number of carbonyl (C=O) groups is 1. The van der Waals surface area contributed by atoms with Gasteiger partial charge >= 0.3 is 0 Å². The zero-order valence-corrected chi connectivity index (χ0v) is 22.8. The van der Waals surface area contributed by atoms with E-state index in [1.54, 1.807) is 7.11 Å². The molecular weight excluding hydrogens is 494 g/mol. The zero-order chi connectivity index (χ0) is 26.8. The van der Waals surface area contributed by atoms with Crippen LogP contribution >= 0.6 is 12.2 Å². The van der Waals surface area contributed by atoms with E-state index in [0.29, 0.717) is 11.5 Å². The highest BCUT2D eigenvalue weighted by Crippen LogP contribution is 2.43. The van der Waals surface area contributed by atoms with Crippen molar-refractivity contribution in [1.29, 1.82) is 0 Å². The second-order valence-electron chi connectivity index (χ2n) is 9.33. The molecule has 38 heavy (non-hydrogen) atoms. The number of thiocarbonyl (C=S) groups is 1. The molecule has 2 aromatic carbocycles. The molecule has 2 unspecified atom stereocenters. The van der Waals surface area contributed by atoms with Gasteiger partial charge in [-0.05, 0) is 98.4 Å². The molecular formula is C30H31N5O2S. The number of pyridine rings is 1. The van der Waals surface area contributed by atoms with Gasteiger partial charge in [-0.3, -0.25) is 9.78 Å². The van der Waals surface area contributed by atoms with Gasteiger partial charge in [-0.1, -0.05) is 13.0 Å². The summed E-state index contributed by atoms with van der Waals surface area (Å²) in [7, 11) is 1.67. The average molecular weight is 526 g/mol. The molecule has 5 rings (SSSR count). The Kier molecular flexibility index (Phi) is 7.15. The van der Waals surface area contributed by atoms with Crippen molar-refractivity contribution in [2.75, 3.05) is 17.3 Å². The quantitative estimate of drug-likeness (QED) is 0.288. The smallest absolute Gasteiger partial charge is 0.224 e. The van der Waals surface area contributed by atoms with Crippen LogP contribution in [0.5, 0.6) is 5.75 Å². The summed E-state index contributed by atoms with van der Waals surface area (Å²) in [6.07, 6.45) is 2.24. The van der Waals surface area contributed by atoms with Gasteiger partial charge in [0.1, 0.15) is 11.8 Å². The van der Waals surface area contributed by atoms with Crippen molar-refractivity contribution in [3.63, 3.8) is 0 Å². The van der Waals surface area contributed by atoms with E-state index in [1.807, 2.05) is 62.5 Å². The van der Waals surface area contributed by atoms with Crippen molar-refractivity contribution in [3.8, 4) is 11.4 Å². The first-order valence-corrected chi connectivity index (χ1v) is 13.1. The van der Waals surface area contributed by atoms with Crippen LogP contribution in [0.3, 0.4) is 0 Å². The number of anilines is 2. The topological polar surface area (TPSA) is 71.4 Å². The summed E-state index contributed by atoms with van der Waals surface area (Å²) in [5.74, 6) is 0.794. The third-order valence-electron chi connectivity index (χ3n) is 6.92. The molecule has 0 bridgehead atoms. The summed E-state index contributed by atoms with van der Waals surface area (Å²) >= 11 is 5.93. The van der Waals surface area contributed by atoms with Gasteiger partial charge in [-0.15, -0.1) is 0 Å². The summed E-state index contributed by atoms with van der Waals surface area (Å²) in [5, 5.41) is 7.14. The Hall–Kier alpha value is -4.17. The minimum absolute atomic E-state index is 0.0138. The number of aryl methyl sites for hydroxylation is 2. The Bertz CT molecular complexity index is 1470. The van der Waals surface area contributed by atoms with E-state index in [2.05, 4.69) is 62.3 Å². The predicted octanol–water partition coefficient (Wildman–Crippen LogP) is 6.02. The lowest BCUT2D eigenvalue weighted by molar-refractivity contribution is -0.115. The van der Waals surface area contributed by atoms with Crippen molar-refractivity contribution >= 4 is 34.6 Å². The molecule has 1 saturated heterocycles. The highest BCUT2D eigenvalue weighted by Gasteiger charge is 2.42. The fraction of sp³-hybridized carbons (Fsp3) is 0.233. The number of benzene rings is 2. The highest BCUT2D eigenvalue weighted by atomic mass is 32.1. The standard InChI is InChI=1S/C30H31N5O2S/c1-5-27(36)32-24-15-12-22(18-19(24)2)35-29(28(33-30(35)38)25-8-6-7-17-31-25)26-16-9-20(3)34(26)21-10-13-23(37-4)14-11-21/h6-18,28-29H,5H2,1-4H3,(H,32,36)(H,33,38). The van der Waals surface area contributed by atoms with Gasteiger partial charge in [-0.2, -0.15) is 0 Å². The number of amides is 1. The number of methoxy groups -OCH3 is 1. The third kappa shape index (κ3) is 4.75. The van der Waals surface area contributed by atoms with E-state index in [-0.39, 0.29) is 18.0 Å². The third-order valence-corrected chi connectivity index (χ3v) is 7.24. The number of hydrogen-bond donors (Lipinski definition) is 2. The second-order valence-corrected chi connectivity index (χ2v) is 9.72. The Morgan fingerprint density at radius 1 is 1.05 bits per heavy atom. The molecule has 2 N–H and O–H groups in total. The molecule has 0 spiro atoms. The normalized spacial score (nSPS) is 16.8. The lowest BCUT2D eigenvalue weighted by atomic mass is 10.00. The largest absolute Gasteiger partial charge is 0.497 e. The van der Waals surface area contributed by atoms with Crippen molar-refractivity contribution in [1.82, 2.24) is 14.9 Å². The fourth-order valence-electron chi connectivity index (χ4n) is 4.98. The van der Waals surface area contributed by atoms with E-state index < -0.39 is 0 Å². The molecule has 8 heteroatoms. The number of rotatable bonds is 7. The highest BCUT2D eigenvalue weighted by molar-refractivity contribution is 7.80. The average Bonchev–Trinajstić information content (AvgIpc) is 3.49. The van der Waals surface area contributed by atoms with Gasteiger partial charge in [0, 0.05) is 41.1 Å². The second kappa shape index (κ2) is 10.7. The van der Waals surface area contributed by atoms with Crippen molar-refractivity contribution < 1.29 is 9.53 Å². The predicted molar refractivity (Wildman–Crippen MR) is 155 cm³/mol. The first-order chi connectivity index (χ1) is 18.4. The fourth-order valence-corrected chi connectivity index (χ4v) is 5.33. The van der Waals surface area contributed by atoms with Crippen molar-refractivity contribution in [3.05, 3.63) is 102 Å². The number of nitrogens with one attached hydrogen (secondary N) is 2. The molecule has 1 amide bonds. The van der Waals surface area contributed by atoms with E-state index in [9.17, 15) is 4.79 Å². The molecule has 2 atom stereocenters. The van der Waals surface area contributed by atoms with E-state index in [1.165, 1.54) is 0 Å². The van der Waals surface area contributed by atoms with E-state index >= 15 is 0 Å². The number of hydrogen-bond acceptors (Lipinski definition) is 4. The zero-order valence-electron chi connectivity index (χ0n) is 21.9. The van der Waals surface area contributed by atoms with Gasteiger partial charge < -0.3 is 24.8 Å². The van der Waals surface area contributed by atoms with Gasteiger partial charge in [0.15, 0.2) is 5.11 Å². The molecule has 4 aromatic rings. The maximum Gasteiger partial charge on any atom is 0.224 e. The minimum Gasteiger partial charge on any atom is -0.497 e. The summed E-state index contributed by atoms with van der Waals surface area (Å²) < 4.78 is 7.64. The molecule has 1 aliphatic heterocycles. The summed E-state index contributed by atoms with van der Waals surface area (Å²) in [6, 6.07) is 24.0. The number of nitrogens with zero attached hydrogens (tertiary/aromatic N) is 3. The molecule has 0 radical (unpaired) electrons.